The molecule has 4 unspecified atom stereocenters. The molecule has 16 heavy (non-hydrogen) atoms. The zero-order chi connectivity index (χ0) is 11.5. The third kappa shape index (κ3) is 2.19. The molecule has 0 aromatic rings. The Morgan fingerprint density at radius 1 is 1.62 bits per heavy atom. The number of hydrogen-bond donors (Lipinski definition) is 2. The van der Waals surface area contributed by atoms with Crippen molar-refractivity contribution in [1.82, 2.24) is 10.6 Å². The maximum atomic E-state index is 11.9. The van der Waals surface area contributed by atoms with Gasteiger partial charge < -0.3 is 10.6 Å². The molecule has 1 saturated carbocycles. The first-order chi connectivity index (χ1) is 7.72. The molecule has 4 heteroatoms. The molecule has 2 fully saturated rings. The molecule has 1 aliphatic heterocycles. The summed E-state index contributed by atoms with van der Waals surface area (Å²) in [6.07, 6.45) is 3.69. The second-order valence-electron chi connectivity index (χ2n) is 5.02. The Hall–Kier alpha value is -1.08. The van der Waals surface area contributed by atoms with Crippen molar-refractivity contribution in [2.24, 2.45) is 17.8 Å². The molecule has 1 amide bonds. The fourth-order valence-corrected chi connectivity index (χ4v) is 2.88. The predicted molar refractivity (Wildman–Crippen MR) is 60.4 cm³/mol. The summed E-state index contributed by atoms with van der Waals surface area (Å²) >= 11 is 0. The average Bonchev–Trinajstić information content (AvgIpc) is 2.86. The van der Waals surface area contributed by atoms with Crippen molar-refractivity contribution in [1.29, 1.82) is 5.26 Å². The number of rotatable bonds is 3. The van der Waals surface area contributed by atoms with E-state index in [0.717, 1.165) is 6.54 Å². The minimum Gasteiger partial charge on any atom is -0.353 e. The first-order valence-electron chi connectivity index (χ1n) is 6.13. The number of nitrogens with zero attached hydrogens (tertiary/aromatic N) is 1. The fraction of sp³-hybridized carbons (Fsp3) is 0.833. The van der Waals surface area contributed by atoms with E-state index >= 15 is 0 Å². The normalized spacial score (nSPS) is 34.1. The van der Waals surface area contributed by atoms with Gasteiger partial charge in [0.2, 0.25) is 5.91 Å². The summed E-state index contributed by atoms with van der Waals surface area (Å²) in [7, 11) is 0. The van der Waals surface area contributed by atoms with Crippen LogP contribution in [0, 0.1) is 29.1 Å². The van der Waals surface area contributed by atoms with E-state index in [1.165, 1.54) is 19.3 Å². The van der Waals surface area contributed by atoms with Gasteiger partial charge in [-0.25, -0.2) is 0 Å². The number of nitriles is 1. The monoisotopic (exact) mass is 221 g/mol. The Morgan fingerprint density at radius 2 is 2.44 bits per heavy atom. The summed E-state index contributed by atoms with van der Waals surface area (Å²) in [5, 5.41) is 14.8. The molecule has 1 saturated heterocycles. The summed E-state index contributed by atoms with van der Waals surface area (Å²) in [6.45, 7) is 3.27. The standard InChI is InChI=1S/C12H19N3O/c1-8(5-13)6-15-12(16)11-10-4-2-3-9(10)7-14-11/h8-11,14H,2-4,6-7H2,1H3,(H,15,16). The van der Waals surface area contributed by atoms with Gasteiger partial charge in [0.25, 0.3) is 0 Å². The SMILES string of the molecule is CC(C#N)CNC(=O)C1NCC2CCCC21. The van der Waals surface area contributed by atoms with Crippen LogP contribution in [0.3, 0.4) is 0 Å². The number of fused-ring (bicyclic) bond motifs is 1. The van der Waals surface area contributed by atoms with E-state index in [0.29, 0.717) is 18.4 Å². The molecule has 0 bridgehead atoms. The highest BCUT2D eigenvalue weighted by molar-refractivity contribution is 5.82. The Bertz CT molecular complexity index is 310. The van der Waals surface area contributed by atoms with Crippen molar-refractivity contribution in [2.45, 2.75) is 32.2 Å². The maximum Gasteiger partial charge on any atom is 0.237 e. The van der Waals surface area contributed by atoms with Crippen molar-refractivity contribution in [3.8, 4) is 6.07 Å². The molecule has 2 N–H and O–H groups in total. The Kier molecular flexibility index (Phi) is 3.45. The van der Waals surface area contributed by atoms with Crippen molar-refractivity contribution in [2.75, 3.05) is 13.1 Å². The van der Waals surface area contributed by atoms with Crippen LogP contribution in [0.1, 0.15) is 26.2 Å². The van der Waals surface area contributed by atoms with Gasteiger partial charge in [-0.1, -0.05) is 6.42 Å². The highest BCUT2D eigenvalue weighted by Gasteiger charge is 2.42. The Morgan fingerprint density at radius 3 is 3.19 bits per heavy atom. The summed E-state index contributed by atoms with van der Waals surface area (Å²) in [5.41, 5.74) is 0. The zero-order valence-corrected chi connectivity index (χ0v) is 9.70. The molecular formula is C12H19N3O. The van der Waals surface area contributed by atoms with Crippen LogP contribution in [-0.4, -0.2) is 25.0 Å². The molecule has 4 nitrogen and oxygen atoms in total. The third-order valence-electron chi connectivity index (χ3n) is 3.83. The van der Waals surface area contributed by atoms with E-state index in [2.05, 4.69) is 16.7 Å². The topological polar surface area (TPSA) is 64.9 Å². The Labute approximate surface area is 96.4 Å². The van der Waals surface area contributed by atoms with E-state index in [1.54, 1.807) is 0 Å². The first-order valence-corrected chi connectivity index (χ1v) is 6.13. The van der Waals surface area contributed by atoms with Crippen LogP contribution in [0.2, 0.25) is 0 Å². The number of carbonyl (C=O) groups is 1. The van der Waals surface area contributed by atoms with Crippen LogP contribution in [0.4, 0.5) is 0 Å². The average molecular weight is 221 g/mol. The molecular weight excluding hydrogens is 202 g/mol. The van der Waals surface area contributed by atoms with Gasteiger partial charge in [-0.05, 0) is 38.1 Å². The lowest BCUT2D eigenvalue weighted by Gasteiger charge is -2.18. The van der Waals surface area contributed by atoms with Gasteiger partial charge in [0.15, 0.2) is 0 Å². The lowest BCUT2D eigenvalue weighted by Crippen LogP contribution is -2.44. The minimum absolute atomic E-state index is 0.0154. The molecule has 2 aliphatic rings. The lowest BCUT2D eigenvalue weighted by atomic mass is 9.93. The largest absolute Gasteiger partial charge is 0.353 e. The molecule has 88 valence electrons. The zero-order valence-electron chi connectivity index (χ0n) is 9.70. The minimum atomic E-state index is -0.107. The van der Waals surface area contributed by atoms with Gasteiger partial charge in [-0.3, -0.25) is 4.79 Å². The van der Waals surface area contributed by atoms with Crippen molar-refractivity contribution >= 4 is 5.91 Å². The first kappa shape index (κ1) is 11.4. The predicted octanol–water partition coefficient (Wildman–Crippen LogP) is 0.650. The number of hydrogen-bond acceptors (Lipinski definition) is 3. The van der Waals surface area contributed by atoms with Crippen LogP contribution >= 0.6 is 0 Å². The van der Waals surface area contributed by atoms with E-state index in [1.807, 2.05) is 6.92 Å². The Balaban J connectivity index is 1.84. The highest BCUT2D eigenvalue weighted by Crippen LogP contribution is 2.37. The van der Waals surface area contributed by atoms with E-state index in [-0.39, 0.29) is 17.9 Å². The molecule has 0 spiro atoms. The van der Waals surface area contributed by atoms with E-state index in [4.69, 9.17) is 5.26 Å². The summed E-state index contributed by atoms with van der Waals surface area (Å²) in [5.74, 6) is 1.20. The van der Waals surface area contributed by atoms with Gasteiger partial charge in [0, 0.05) is 6.54 Å². The fourth-order valence-electron chi connectivity index (χ4n) is 2.88. The molecule has 2 rings (SSSR count). The molecule has 0 aromatic heterocycles. The highest BCUT2D eigenvalue weighted by atomic mass is 16.2. The van der Waals surface area contributed by atoms with E-state index in [9.17, 15) is 4.79 Å². The third-order valence-corrected chi connectivity index (χ3v) is 3.83. The van der Waals surface area contributed by atoms with Gasteiger partial charge in [0.05, 0.1) is 18.0 Å². The van der Waals surface area contributed by atoms with Crippen LogP contribution in [0.15, 0.2) is 0 Å². The number of nitrogens with one attached hydrogen (secondary N) is 2. The van der Waals surface area contributed by atoms with Gasteiger partial charge in [-0.15, -0.1) is 0 Å². The summed E-state index contributed by atoms with van der Waals surface area (Å²) in [4.78, 5) is 11.9. The van der Waals surface area contributed by atoms with Crippen molar-refractivity contribution in [3.63, 3.8) is 0 Å². The van der Waals surface area contributed by atoms with Crippen LogP contribution < -0.4 is 10.6 Å². The van der Waals surface area contributed by atoms with Gasteiger partial charge in [0.1, 0.15) is 0 Å². The van der Waals surface area contributed by atoms with Gasteiger partial charge >= 0.3 is 0 Å². The van der Waals surface area contributed by atoms with Crippen molar-refractivity contribution < 1.29 is 4.79 Å². The quantitative estimate of drug-likeness (QED) is 0.735. The maximum absolute atomic E-state index is 11.9. The summed E-state index contributed by atoms with van der Waals surface area (Å²) < 4.78 is 0. The van der Waals surface area contributed by atoms with Crippen LogP contribution in [-0.2, 0) is 4.79 Å². The summed E-state index contributed by atoms with van der Waals surface area (Å²) in [6, 6.07) is 2.11. The molecule has 1 aliphatic carbocycles. The van der Waals surface area contributed by atoms with Crippen LogP contribution in [0.5, 0.6) is 0 Å². The smallest absolute Gasteiger partial charge is 0.237 e. The second kappa shape index (κ2) is 4.84. The molecule has 4 atom stereocenters. The molecule has 0 radical (unpaired) electrons. The number of carbonyl (C=O) groups excluding carboxylic acids is 1. The lowest BCUT2D eigenvalue weighted by molar-refractivity contribution is -0.123. The van der Waals surface area contributed by atoms with Crippen molar-refractivity contribution in [3.05, 3.63) is 0 Å². The van der Waals surface area contributed by atoms with Crippen LogP contribution in [0.25, 0.3) is 0 Å². The van der Waals surface area contributed by atoms with E-state index < -0.39 is 0 Å². The molecule has 1 heterocycles. The molecule has 0 aromatic carbocycles. The number of amides is 1. The van der Waals surface area contributed by atoms with Gasteiger partial charge in [-0.2, -0.15) is 5.26 Å². The second-order valence-corrected chi connectivity index (χ2v) is 5.02.